The van der Waals surface area contributed by atoms with Gasteiger partial charge in [0.2, 0.25) is 5.91 Å². The molecule has 44 heavy (non-hydrogen) atoms. The SMILES string of the molecule is CC(CC(=O)CN1CCOCC1)C(=O)NC(Cc1ccc(S(C)(=O)=O)cc1)C(=O)CC(CC1=CCCCC1)C(=O)C1(C)CO1. The van der Waals surface area contributed by atoms with Crippen LogP contribution < -0.4 is 5.32 Å². The predicted octanol–water partition coefficient (Wildman–Crippen LogP) is 2.87. The number of Topliss-reactive ketones (excluding diaryl/α,β-unsaturated/α-hetero) is 3. The van der Waals surface area contributed by atoms with E-state index in [0.29, 0.717) is 44.9 Å². The number of hydrogen-bond donors (Lipinski definition) is 1. The van der Waals surface area contributed by atoms with Crippen molar-refractivity contribution in [3.05, 3.63) is 41.5 Å². The summed E-state index contributed by atoms with van der Waals surface area (Å²) in [5.74, 6) is -2.08. The van der Waals surface area contributed by atoms with Gasteiger partial charge in [-0.15, -0.1) is 0 Å². The minimum absolute atomic E-state index is 0.0398. The third-order valence-corrected chi connectivity index (χ3v) is 9.92. The standard InChI is InChI=1S/C33H46N2O8S/c1-23(17-27(36)21-35-13-15-42-16-14-35)32(39)34-29(19-25-9-11-28(12-10-25)44(3,40)41)30(37)20-26(31(38)33(2)22-43-33)18-24-7-5-4-6-8-24/h7,9-12,23,26,29H,4-6,8,13-22H2,1-3H3,(H,34,39). The molecular weight excluding hydrogens is 584 g/mol. The number of carbonyl (C=O) groups excluding carboxylic acids is 4. The summed E-state index contributed by atoms with van der Waals surface area (Å²) in [6.07, 6.45) is 7.92. The van der Waals surface area contributed by atoms with E-state index in [1.807, 2.05) is 4.90 Å². The molecule has 242 valence electrons. The van der Waals surface area contributed by atoms with Gasteiger partial charge in [0.15, 0.2) is 21.4 Å². The summed E-state index contributed by atoms with van der Waals surface area (Å²) in [4.78, 5) is 55.6. The molecule has 4 rings (SSSR count). The Morgan fingerprint density at radius 2 is 1.70 bits per heavy atom. The molecular formula is C33H46N2O8S. The topological polar surface area (TPSA) is 139 Å². The van der Waals surface area contributed by atoms with Crippen molar-refractivity contribution in [3.8, 4) is 0 Å². The number of hydrogen-bond acceptors (Lipinski definition) is 9. The Labute approximate surface area is 260 Å². The van der Waals surface area contributed by atoms with E-state index in [1.165, 1.54) is 17.7 Å². The summed E-state index contributed by atoms with van der Waals surface area (Å²) in [6, 6.07) is 5.27. The van der Waals surface area contributed by atoms with Crippen molar-refractivity contribution in [2.75, 3.05) is 45.7 Å². The molecule has 0 saturated carbocycles. The molecule has 0 bridgehead atoms. The molecule has 1 aromatic carbocycles. The highest BCUT2D eigenvalue weighted by Gasteiger charge is 2.50. The maximum absolute atomic E-state index is 13.9. The van der Waals surface area contributed by atoms with Crippen molar-refractivity contribution in [3.63, 3.8) is 0 Å². The zero-order valence-corrected chi connectivity index (χ0v) is 27.0. The number of amides is 1. The van der Waals surface area contributed by atoms with Crippen LogP contribution in [0.15, 0.2) is 40.8 Å². The number of nitrogens with one attached hydrogen (secondary N) is 1. The molecule has 11 heteroatoms. The first-order chi connectivity index (χ1) is 20.8. The van der Waals surface area contributed by atoms with Gasteiger partial charge in [-0.3, -0.25) is 24.1 Å². The first-order valence-electron chi connectivity index (χ1n) is 15.6. The maximum atomic E-state index is 13.9. The lowest BCUT2D eigenvalue weighted by Crippen LogP contribution is -2.46. The Kier molecular flexibility index (Phi) is 11.7. The van der Waals surface area contributed by atoms with E-state index in [1.54, 1.807) is 26.0 Å². The van der Waals surface area contributed by atoms with Crippen LogP contribution in [-0.2, 0) is 44.9 Å². The number of morpholine rings is 1. The van der Waals surface area contributed by atoms with Crippen LogP contribution in [0.3, 0.4) is 0 Å². The van der Waals surface area contributed by atoms with Crippen molar-refractivity contribution < 1.29 is 37.1 Å². The second-order valence-electron chi connectivity index (χ2n) is 12.8. The van der Waals surface area contributed by atoms with Gasteiger partial charge in [-0.05, 0) is 63.1 Å². The van der Waals surface area contributed by atoms with Gasteiger partial charge in [-0.25, -0.2) is 8.42 Å². The molecule has 1 N–H and O–H groups in total. The second kappa shape index (κ2) is 15.0. The number of ketones is 3. The van der Waals surface area contributed by atoms with Crippen LogP contribution in [0.5, 0.6) is 0 Å². The van der Waals surface area contributed by atoms with Crippen LogP contribution in [0.25, 0.3) is 0 Å². The lowest BCUT2D eigenvalue weighted by atomic mass is 9.81. The lowest BCUT2D eigenvalue weighted by molar-refractivity contribution is -0.134. The highest BCUT2D eigenvalue weighted by atomic mass is 32.2. The van der Waals surface area contributed by atoms with Crippen molar-refractivity contribution in [1.29, 1.82) is 0 Å². The molecule has 1 amide bonds. The molecule has 2 fully saturated rings. The summed E-state index contributed by atoms with van der Waals surface area (Å²) in [5.41, 5.74) is 0.967. The lowest BCUT2D eigenvalue weighted by Gasteiger charge is -2.26. The zero-order chi connectivity index (χ0) is 31.9. The number of benzene rings is 1. The van der Waals surface area contributed by atoms with E-state index in [0.717, 1.165) is 31.9 Å². The smallest absolute Gasteiger partial charge is 0.223 e. The van der Waals surface area contributed by atoms with Gasteiger partial charge in [-0.2, -0.15) is 0 Å². The van der Waals surface area contributed by atoms with Crippen LogP contribution in [0.1, 0.15) is 64.4 Å². The molecule has 0 spiro atoms. The number of rotatable bonds is 16. The maximum Gasteiger partial charge on any atom is 0.223 e. The van der Waals surface area contributed by atoms with Gasteiger partial charge in [0.25, 0.3) is 0 Å². The molecule has 0 aromatic heterocycles. The van der Waals surface area contributed by atoms with Gasteiger partial charge in [0.05, 0.1) is 37.3 Å². The Hall–Kier alpha value is -2.73. The Morgan fingerprint density at radius 3 is 2.30 bits per heavy atom. The van der Waals surface area contributed by atoms with E-state index >= 15 is 0 Å². The van der Waals surface area contributed by atoms with Gasteiger partial charge in [0.1, 0.15) is 11.4 Å². The number of epoxide rings is 1. The van der Waals surface area contributed by atoms with E-state index in [-0.39, 0.29) is 48.1 Å². The fourth-order valence-electron chi connectivity index (χ4n) is 5.91. The molecule has 2 aliphatic heterocycles. The molecule has 1 aromatic rings. The fourth-order valence-corrected chi connectivity index (χ4v) is 6.54. The fraction of sp³-hybridized carbons (Fsp3) is 0.636. The highest BCUT2D eigenvalue weighted by Crippen LogP contribution is 2.35. The van der Waals surface area contributed by atoms with Crippen molar-refractivity contribution in [1.82, 2.24) is 10.2 Å². The summed E-state index contributed by atoms with van der Waals surface area (Å²) in [7, 11) is -3.40. The highest BCUT2D eigenvalue weighted by molar-refractivity contribution is 7.90. The number of sulfone groups is 1. The van der Waals surface area contributed by atoms with E-state index in [9.17, 15) is 27.6 Å². The normalized spacial score (nSPS) is 22.8. The first-order valence-corrected chi connectivity index (χ1v) is 17.5. The summed E-state index contributed by atoms with van der Waals surface area (Å²) >= 11 is 0. The number of ether oxygens (including phenoxy) is 2. The molecule has 2 heterocycles. The van der Waals surface area contributed by atoms with Crippen molar-refractivity contribution >= 4 is 33.1 Å². The minimum Gasteiger partial charge on any atom is -0.379 e. The zero-order valence-electron chi connectivity index (χ0n) is 26.1. The first kappa shape index (κ1) is 34.1. The minimum atomic E-state index is -3.40. The van der Waals surface area contributed by atoms with Crippen LogP contribution in [0.4, 0.5) is 0 Å². The van der Waals surface area contributed by atoms with Gasteiger partial charge in [-0.1, -0.05) is 30.7 Å². The average Bonchev–Trinajstić information content (AvgIpc) is 3.75. The molecule has 4 unspecified atom stereocenters. The van der Waals surface area contributed by atoms with Crippen molar-refractivity contribution in [2.24, 2.45) is 11.8 Å². The summed E-state index contributed by atoms with van der Waals surface area (Å²) < 4.78 is 34.7. The molecule has 10 nitrogen and oxygen atoms in total. The second-order valence-corrected chi connectivity index (χ2v) is 14.8. The number of nitrogens with zero attached hydrogens (tertiary/aromatic N) is 1. The third-order valence-electron chi connectivity index (χ3n) is 8.79. The van der Waals surface area contributed by atoms with Crippen LogP contribution in [0, 0.1) is 11.8 Å². The molecule has 3 aliphatic rings. The molecule has 0 radical (unpaired) electrons. The number of carbonyl (C=O) groups is 4. The van der Waals surface area contributed by atoms with Crippen molar-refractivity contribution in [2.45, 2.75) is 81.8 Å². The van der Waals surface area contributed by atoms with Crippen LogP contribution >= 0.6 is 0 Å². The largest absolute Gasteiger partial charge is 0.379 e. The Balaban J connectivity index is 1.48. The predicted molar refractivity (Wildman–Crippen MR) is 165 cm³/mol. The third kappa shape index (κ3) is 9.89. The Morgan fingerprint density at radius 1 is 1.02 bits per heavy atom. The molecule has 1 aliphatic carbocycles. The van der Waals surface area contributed by atoms with E-state index in [2.05, 4.69) is 11.4 Å². The van der Waals surface area contributed by atoms with Crippen LogP contribution in [-0.4, -0.2) is 93.9 Å². The van der Waals surface area contributed by atoms with Gasteiger partial charge < -0.3 is 14.8 Å². The summed E-state index contributed by atoms with van der Waals surface area (Å²) in [6.45, 7) is 6.48. The quantitative estimate of drug-likeness (QED) is 0.216. The molecule has 2 saturated heterocycles. The number of allylic oxidation sites excluding steroid dienone is 2. The average molecular weight is 631 g/mol. The van der Waals surface area contributed by atoms with Crippen LogP contribution in [0.2, 0.25) is 0 Å². The van der Waals surface area contributed by atoms with E-state index < -0.39 is 39.2 Å². The Bertz CT molecular complexity index is 1340. The molecule has 4 atom stereocenters. The summed E-state index contributed by atoms with van der Waals surface area (Å²) in [5, 5.41) is 2.87. The van der Waals surface area contributed by atoms with Gasteiger partial charge in [0, 0.05) is 44.0 Å². The monoisotopic (exact) mass is 630 g/mol. The van der Waals surface area contributed by atoms with Gasteiger partial charge >= 0.3 is 0 Å². The van der Waals surface area contributed by atoms with E-state index in [4.69, 9.17) is 9.47 Å².